The fourth-order valence-corrected chi connectivity index (χ4v) is 1.04. The lowest BCUT2D eigenvalue weighted by atomic mass is 9.79. The van der Waals surface area contributed by atoms with Crippen molar-refractivity contribution in [1.82, 2.24) is 0 Å². The fourth-order valence-electron chi connectivity index (χ4n) is 1.04. The molecular weight excluding hydrogens is 219 g/mol. The number of rotatable bonds is 4. The van der Waals surface area contributed by atoms with Crippen LogP contribution in [0.2, 0.25) is 0 Å². The SMILES string of the molecule is CC(C)O.CCCOc1ccccc1B(O)O. The average Bonchev–Trinajstić information content (AvgIpc) is 2.25. The van der Waals surface area contributed by atoms with Gasteiger partial charge < -0.3 is 19.9 Å². The second kappa shape index (κ2) is 9.04. The van der Waals surface area contributed by atoms with Crippen LogP contribution in [0, 0.1) is 0 Å². The summed E-state index contributed by atoms with van der Waals surface area (Å²) >= 11 is 0. The second-order valence-electron chi connectivity index (χ2n) is 3.85. The minimum Gasteiger partial charge on any atom is -0.494 e. The van der Waals surface area contributed by atoms with E-state index in [0.717, 1.165) is 6.42 Å². The molecule has 1 rings (SSSR count). The van der Waals surface area contributed by atoms with Gasteiger partial charge >= 0.3 is 7.12 Å². The van der Waals surface area contributed by atoms with Crippen molar-refractivity contribution in [3.05, 3.63) is 24.3 Å². The van der Waals surface area contributed by atoms with E-state index in [9.17, 15) is 0 Å². The van der Waals surface area contributed by atoms with Crippen LogP contribution in [0.15, 0.2) is 24.3 Å². The van der Waals surface area contributed by atoms with Crippen molar-refractivity contribution in [1.29, 1.82) is 0 Å². The van der Waals surface area contributed by atoms with Gasteiger partial charge in [-0.1, -0.05) is 25.1 Å². The first-order valence-electron chi connectivity index (χ1n) is 5.75. The second-order valence-corrected chi connectivity index (χ2v) is 3.85. The lowest BCUT2D eigenvalue weighted by Crippen LogP contribution is -2.31. The normalized spacial score (nSPS) is 9.59. The molecule has 3 N–H and O–H groups in total. The maximum atomic E-state index is 8.98. The predicted molar refractivity (Wildman–Crippen MR) is 69.4 cm³/mol. The van der Waals surface area contributed by atoms with Crippen LogP contribution in [0.4, 0.5) is 0 Å². The molecule has 0 aliphatic rings. The van der Waals surface area contributed by atoms with Crippen LogP contribution in [0.25, 0.3) is 0 Å². The Morgan fingerprint density at radius 2 is 1.76 bits per heavy atom. The van der Waals surface area contributed by atoms with Gasteiger partial charge in [0, 0.05) is 11.6 Å². The summed E-state index contributed by atoms with van der Waals surface area (Å²) in [7, 11) is -1.46. The van der Waals surface area contributed by atoms with Gasteiger partial charge in [0.2, 0.25) is 0 Å². The lowest BCUT2D eigenvalue weighted by molar-refractivity contribution is 0.216. The van der Waals surface area contributed by atoms with Gasteiger partial charge in [-0.25, -0.2) is 0 Å². The maximum Gasteiger partial charge on any atom is 0.492 e. The Hall–Kier alpha value is -1.04. The maximum absolute atomic E-state index is 8.98. The number of para-hydroxylation sites is 1. The van der Waals surface area contributed by atoms with Gasteiger partial charge in [-0.15, -0.1) is 0 Å². The van der Waals surface area contributed by atoms with Crippen molar-refractivity contribution < 1.29 is 19.9 Å². The summed E-state index contributed by atoms with van der Waals surface area (Å²) in [6.07, 6.45) is 0.732. The number of hydrogen-bond acceptors (Lipinski definition) is 4. The summed E-state index contributed by atoms with van der Waals surface area (Å²) < 4.78 is 5.33. The molecule has 0 radical (unpaired) electrons. The molecule has 5 heteroatoms. The Morgan fingerprint density at radius 3 is 2.24 bits per heavy atom. The van der Waals surface area contributed by atoms with Crippen molar-refractivity contribution in [2.75, 3.05) is 6.61 Å². The van der Waals surface area contributed by atoms with Gasteiger partial charge in [-0.2, -0.15) is 0 Å². The lowest BCUT2D eigenvalue weighted by Gasteiger charge is -2.09. The summed E-state index contributed by atoms with van der Waals surface area (Å²) in [5.41, 5.74) is 0.413. The third-order valence-electron chi connectivity index (χ3n) is 1.66. The number of hydrogen-bond donors (Lipinski definition) is 3. The van der Waals surface area contributed by atoms with Crippen molar-refractivity contribution in [3.63, 3.8) is 0 Å². The van der Waals surface area contributed by atoms with E-state index < -0.39 is 7.12 Å². The first-order chi connectivity index (χ1) is 7.99. The Balaban J connectivity index is 0.000000557. The minimum absolute atomic E-state index is 0.167. The van der Waals surface area contributed by atoms with Crippen LogP contribution in [0.1, 0.15) is 27.2 Å². The summed E-state index contributed by atoms with van der Waals surface area (Å²) in [6.45, 7) is 6.03. The fraction of sp³-hybridized carbons (Fsp3) is 0.500. The van der Waals surface area contributed by atoms with E-state index in [-0.39, 0.29) is 6.10 Å². The summed E-state index contributed by atoms with van der Waals surface area (Å²) in [6, 6.07) is 6.91. The number of aliphatic hydroxyl groups is 1. The van der Waals surface area contributed by atoms with Crippen molar-refractivity contribution in [3.8, 4) is 5.75 Å². The Labute approximate surface area is 103 Å². The van der Waals surface area contributed by atoms with Crippen LogP contribution in [0.5, 0.6) is 5.75 Å². The predicted octanol–water partition coefficient (Wildman–Crippen LogP) is 0.542. The van der Waals surface area contributed by atoms with Crippen LogP contribution in [-0.4, -0.2) is 35.0 Å². The molecule has 0 heterocycles. The van der Waals surface area contributed by atoms with Gasteiger partial charge in [0.1, 0.15) is 5.75 Å². The van der Waals surface area contributed by atoms with Crippen molar-refractivity contribution >= 4 is 12.6 Å². The summed E-state index contributed by atoms with van der Waals surface area (Å²) in [5, 5.41) is 26.0. The average molecular weight is 240 g/mol. The molecule has 4 nitrogen and oxygen atoms in total. The molecule has 17 heavy (non-hydrogen) atoms. The van der Waals surface area contributed by atoms with E-state index in [1.54, 1.807) is 38.1 Å². The Morgan fingerprint density at radius 1 is 1.24 bits per heavy atom. The van der Waals surface area contributed by atoms with Crippen LogP contribution in [-0.2, 0) is 0 Å². The molecule has 0 amide bonds. The Kier molecular flexibility index (Phi) is 8.49. The van der Waals surface area contributed by atoms with E-state index in [2.05, 4.69) is 0 Å². The van der Waals surface area contributed by atoms with E-state index in [1.165, 1.54) is 0 Å². The Bertz CT molecular complexity index is 300. The zero-order valence-electron chi connectivity index (χ0n) is 10.6. The van der Waals surface area contributed by atoms with Gasteiger partial charge in [0.15, 0.2) is 0 Å². The van der Waals surface area contributed by atoms with Crippen LogP contribution >= 0.6 is 0 Å². The molecule has 96 valence electrons. The molecule has 0 spiro atoms. The molecule has 0 aliphatic carbocycles. The number of ether oxygens (including phenoxy) is 1. The van der Waals surface area contributed by atoms with Crippen LogP contribution in [0.3, 0.4) is 0 Å². The first-order valence-corrected chi connectivity index (χ1v) is 5.75. The zero-order valence-corrected chi connectivity index (χ0v) is 10.6. The smallest absolute Gasteiger partial charge is 0.492 e. The molecule has 0 atom stereocenters. The van der Waals surface area contributed by atoms with Crippen molar-refractivity contribution in [2.45, 2.75) is 33.3 Å². The van der Waals surface area contributed by atoms with Crippen LogP contribution < -0.4 is 10.2 Å². The molecule has 0 unspecified atom stereocenters. The number of aliphatic hydroxyl groups excluding tert-OH is 1. The monoisotopic (exact) mass is 240 g/mol. The summed E-state index contributed by atoms with van der Waals surface area (Å²) in [4.78, 5) is 0. The highest BCUT2D eigenvalue weighted by Crippen LogP contribution is 2.06. The highest BCUT2D eigenvalue weighted by atomic mass is 16.5. The molecule has 0 saturated heterocycles. The highest BCUT2D eigenvalue weighted by molar-refractivity contribution is 6.59. The van der Waals surface area contributed by atoms with Gasteiger partial charge in [0.25, 0.3) is 0 Å². The molecular formula is C12H21BO4. The molecule has 0 aliphatic heterocycles. The molecule has 0 aromatic heterocycles. The minimum atomic E-state index is -1.46. The summed E-state index contributed by atoms with van der Waals surface area (Å²) in [5.74, 6) is 0.541. The number of benzene rings is 1. The highest BCUT2D eigenvalue weighted by Gasteiger charge is 2.15. The van der Waals surface area contributed by atoms with E-state index in [1.807, 2.05) is 6.92 Å². The van der Waals surface area contributed by atoms with E-state index in [4.69, 9.17) is 19.9 Å². The molecule has 0 fully saturated rings. The zero-order chi connectivity index (χ0) is 13.3. The largest absolute Gasteiger partial charge is 0.494 e. The molecule has 0 bridgehead atoms. The standard InChI is InChI=1S/C9H13BO3.C3H8O/c1-2-7-13-9-6-4-3-5-8(9)10(11)12;1-3(2)4/h3-6,11-12H,2,7H2,1H3;3-4H,1-2H3. The van der Waals surface area contributed by atoms with Crippen molar-refractivity contribution in [2.24, 2.45) is 0 Å². The third kappa shape index (κ3) is 7.79. The van der Waals surface area contributed by atoms with E-state index >= 15 is 0 Å². The first kappa shape index (κ1) is 16.0. The quantitative estimate of drug-likeness (QED) is 0.672. The van der Waals surface area contributed by atoms with Gasteiger partial charge in [0.05, 0.1) is 6.61 Å². The van der Waals surface area contributed by atoms with Gasteiger partial charge in [-0.3, -0.25) is 0 Å². The molecule has 0 saturated carbocycles. The van der Waals surface area contributed by atoms with Gasteiger partial charge in [-0.05, 0) is 26.3 Å². The van der Waals surface area contributed by atoms with E-state index in [0.29, 0.717) is 17.8 Å². The molecule has 1 aromatic rings. The molecule has 1 aromatic carbocycles. The third-order valence-corrected chi connectivity index (χ3v) is 1.66. The topological polar surface area (TPSA) is 69.9 Å².